The molecule has 0 aliphatic heterocycles. The van der Waals surface area contributed by atoms with Crippen LogP contribution in [0.25, 0.3) is 0 Å². The first-order valence-corrected chi connectivity index (χ1v) is 5.95. The number of aryl methyl sites for hydroxylation is 1. The highest BCUT2D eigenvalue weighted by molar-refractivity contribution is 5.94. The van der Waals surface area contributed by atoms with Gasteiger partial charge in [0.15, 0.2) is 0 Å². The lowest BCUT2D eigenvalue weighted by atomic mass is 10.1. The van der Waals surface area contributed by atoms with E-state index in [1.807, 2.05) is 6.92 Å². The Morgan fingerprint density at radius 1 is 1.05 bits per heavy atom. The standard InChI is InChI=1S/C15H12F3NO/c1-9-2-4-10(5-3-9)15(20)19-8-12-13(17)6-11(16)7-14(12)18/h2-7H,8H2,1H3,(H,19,20). The number of carbonyl (C=O) groups is 1. The average molecular weight is 279 g/mol. The molecule has 5 heteroatoms. The van der Waals surface area contributed by atoms with Crippen LogP contribution in [-0.2, 0) is 6.54 Å². The zero-order valence-electron chi connectivity index (χ0n) is 10.7. The van der Waals surface area contributed by atoms with Gasteiger partial charge >= 0.3 is 0 Å². The van der Waals surface area contributed by atoms with Crippen LogP contribution in [0.15, 0.2) is 36.4 Å². The van der Waals surface area contributed by atoms with Crippen LogP contribution in [0.5, 0.6) is 0 Å². The summed E-state index contributed by atoms with van der Waals surface area (Å²) in [6.45, 7) is 1.54. The molecular formula is C15H12F3NO. The van der Waals surface area contributed by atoms with Crippen LogP contribution < -0.4 is 5.32 Å². The fourth-order valence-electron chi connectivity index (χ4n) is 1.72. The van der Waals surface area contributed by atoms with Gasteiger partial charge in [0.05, 0.1) is 0 Å². The Hall–Kier alpha value is -2.30. The molecule has 0 saturated carbocycles. The summed E-state index contributed by atoms with van der Waals surface area (Å²) in [6.07, 6.45) is 0. The molecule has 0 heterocycles. The van der Waals surface area contributed by atoms with Gasteiger partial charge in [-0.15, -0.1) is 0 Å². The first-order chi connectivity index (χ1) is 9.47. The van der Waals surface area contributed by atoms with E-state index in [0.29, 0.717) is 17.7 Å². The third kappa shape index (κ3) is 3.17. The SMILES string of the molecule is Cc1ccc(C(=O)NCc2c(F)cc(F)cc2F)cc1. The molecule has 1 N–H and O–H groups in total. The molecule has 0 saturated heterocycles. The van der Waals surface area contributed by atoms with E-state index >= 15 is 0 Å². The van der Waals surface area contributed by atoms with Crippen molar-refractivity contribution in [3.8, 4) is 0 Å². The fourth-order valence-corrected chi connectivity index (χ4v) is 1.72. The zero-order valence-corrected chi connectivity index (χ0v) is 10.7. The van der Waals surface area contributed by atoms with Crippen molar-refractivity contribution < 1.29 is 18.0 Å². The summed E-state index contributed by atoms with van der Waals surface area (Å²) >= 11 is 0. The third-order valence-electron chi connectivity index (χ3n) is 2.85. The highest BCUT2D eigenvalue weighted by Gasteiger charge is 2.13. The molecule has 104 valence electrons. The number of carbonyl (C=O) groups excluding carboxylic acids is 1. The molecule has 0 aliphatic rings. The summed E-state index contributed by atoms with van der Waals surface area (Å²) in [5, 5.41) is 2.39. The van der Waals surface area contributed by atoms with Crippen LogP contribution in [-0.4, -0.2) is 5.91 Å². The van der Waals surface area contributed by atoms with Crippen molar-refractivity contribution in [2.75, 3.05) is 0 Å². The van der Waals surface area contributed by atoms with E-state index in [4.69, 9.17) is 0 Å². The van der Waals surface area contributed by atoms with Crippen molar-refractivity contribution in [3.05, 3.63) is 70.5 Å². The van der Waals surface area contributed by atoms with E-state index in [9.17, 15) is 18.0 Å². The number of halogens is 3. The first-order valence-electron chi connectivity index (χ1n) is 5.95. The normalized spacial score (nSPS) is 10.4. The van der Waals surface area contributed by atoms with Crippen LogP contribution in [0.3, 0.4) is 0 Å². The van der Waals surface area contributed by atoms with Crippen LogP contribution in [0, 0.1) is 24.4 Å². The highest BCUT2D eigenvalue weighted by Crippen LogP contribution is 2.14. The number of hydrogen-bond donors (Lipinski definition) is 1. The van der Waals surface area contributed by atoms with E-state index in [1.165, 1.54) is 0 Å². The molecule has 0 spiro atoms. The van der Waals surface area contributed by atoms with E-state index in [2.05, 4.69) is 5.32 Å². The van der Waals surface area contributed by atoms with Gasteiger partial charge < -0.3 is 5.32 Å². The topological polar surface area (TPSA) is 29.1 Å². The molecule has 0 bridgehead atoms. The lowest BCUT2D eigenvalue weighted by Crippen LogP contribution is -2.24. The van der Waals surface area contributed by atoms with Gasteiger partial charge in [0.25, 0.3) is 5.91 Å². The molecule has 0 radical (unpaired) electrons. The summed E-state index contributed by atoms with van der Waals surface area (Å²) < 4.78 is 39.5. The Balaban J connectivity index is 2.09. The Morgan fingerprint density at radius 2 is 1.60 bits per heavy atom. The van der Waals surface area contributed by atoms with Crippen molar-refractivity contribution >= 4 is 5.91 Å². The van der Waals surface area contributed by atoms with Crippen LogP contribution >= 0.6 is 0 Å². The Morgan fingerprint density at radius 3 is 2.15 bits per heavy atom. The zero-order chi connectivity index (χ0) is 14.7. The molecule has 20 heavy (non-hydrogen) atoms. The second-order valence-electron chi connectivity index (χ2n) is 4.40. The maximum absolute atomic E-state index is 13.4. The third-order valence-corrected chi connectivity index (χ3v) is 2.85. The predicted octanol–water partition coefficient (Wildman–Crippen LogP) is 3.34. The van der Waals surface area contributed by atoms with Crippen molar-refractivity contribution in [1.29, 1.82) is 0 Å². The van der Waals surface area contributed by atoms with Crippen LogP contribution in [0.1, 0.15) is 21.5 Å². The maximum atomic E-state index is 13.4. The van der Waals surface area contributed by atoms with Gasteiger partial charge in [-0.3, -0.25) is 4.79 Å². The summed E-state index contributed by atoms with van der Waals surface area (Å²) in [6, 6.07) is 7.90. The molecule has 2 aromatic rings. The highest BCUT2D eigenvalue weighted by atomic mass is 19.1. The number of nitrogens with one attached hydrogen (secondary N) is 1. The molecule has 0 atom stereocenters. The number of hydrogen-bond acceptors (Lipinski definition) is 1. The minimum atomic E-state index is -1.02. The Kier molecular flexibility index (Phi) is 4.08. The molecule has 2 nitrogen and oxygen atoms in total. The molecule has 0 unspecified atom stereocenters. The maximum Gasteiger partial charge on any atom is 0.251 e. The van der Waals surface area contributed by atoms with E-state index in [0.717, 1.165) is 5.56 Å². The Bertz CT molecular complexity index is 615. The van der Waals surface area contributed by atoms with E-state index < -0.39 is 23.4 Å². The average Bonchev–Trinajstić information content (AvgIpc) is 2.38. The summed E-state index contributed by atoms with van der Waals surface area (Å²) in [7, 11) is 0. The van der Waals surface area contributed by atoms with Gasteiger partial charge in [-0.1, -0.05) is 17.7 Å². The smallest absolute Gasteiger partial charge is 0.251 e. The van der Waals surface area contributed by atoms with Gasteiger partial charge in [0.2, 0.25) is 0 Å². The van der Waals surface area contributed by atoms with Crippen LogP contribution in [0.2, 0.25) is 0 Å². The predicted molar refractivity (Wildman–Crippen MR) is 68.7 cm³/mol. The van der Waals surface area contributed by atoms with Gasteiger partial charge in [0.1, 0.15) is 17.5 Å². The van der Waals surface area contributed by atoms with Gasteiger partial charge in [-0.05, 0) is 19.1 Å². The molecule has 0 aromatic heterocycles. The number of amides is 1. The molecular weight excluding hydrogens is 267 g/mol. The van der Waals surface area contributed by atoms with Gasteiger partial charge in [-0.25, -0.2) is 13.2 Å². The molecule has 0 fully saturated rings. The summed E-state index contributed by atoms with van der Waals surface area (Å²) in [5.74, 6) is -3.49. The summed E-state index contributed by atoms with van der Waals surface area (Å²) in [5.41, 5.74) is 1.02. The second-order valence-corrected chi connectivity index (χ2v) is 4.40. The lowest BCUT2D eigenvalue weighted by Gasteiger charge is -2.08. The van der Waals surface area contributed by atoms with E-state index in [1.54, 1.807) is 24.3 Å². The molecule has 1 amide bonds. The van der Waals surface area contributed by atoms with Crippen molar-refractivity contribution in [2.45, 2.75) is 13.5 Å². The summed E-state index contributed by atoms with van der Waals surface area (Å²) in [4.78, 5) is 11.8. The minimum absolute atomic E-state index is 0.343. The second kappa shape index (κ2) is 5.77. The number of rotatable bonds is 3. The minimum Gasteiger partial charge on any atom is -0.348 e. The van der Waals surface area contributed by atoms with Gasteiger partial charge in [-0.2, -0.15) is 0 Å². The molecule has 0 aliphatic carbocycles. The monoisotopic (exact) mass is 279 g/mol. The van der Waals surface area contributed by atoms with Gasteiger partial charge in [0, 0.05) is 29.8 Å². The van der Waals surface area contributed by atoms with Crippen molar-refractivity contribution in [1.82, 2.24) is 5.32 Å². The van der Waals surface area contributed by atoms with Crippen molar-refractivity contribution in [2.24, 2.45) is 0 Å². The lowest BCUT2D eigenvalue weighted by molar-refractivity contribution is 0.0950. The first kappa shape index (κ1) is 14.1. The largest absolute Gasteiger partial charge is 0.348 e. The quantitative estimate of drug-likeness (QED) is 0.917. The Labute approximate surface area is 114 Å². The van der Waals surface area contributed by atoms with Crippen LogP contribution in [0.4, 0.5) is 13.2 Å². The molecule has 2 aromatic carbocycles. The fraction of sp³-hybridized carbons (Fsp3) is 0.133. The van der Waals surface area contributed by atoms with E-state index in [-0.39, 0.29) is 12.1 Å². The van der Waals surface area contributed by atoms with Crippen molar-refractivity contribution in [3.63, 3.8) is 0 Å². The number of benzene rings is 2. The molecule has 2 rings (SSSR count).